The van der Waals surface area contributed by atoms with Crippen molar-refractivity contribution in [2.24, 2.45) is 17.2 Å². The predicted molar refractivity (Wildman–Crippen MR) is 76.4 cm³/mol. The molecule has 0 aliphatic heterocycles. The van der Waals surface area contributed by atoms with Gasteiger partial charge in [-0.15, -0.1) is 0 Å². The molecule has 1 aliphatic carbocycles. The second kappa shape index (κ2) is 4.15. The van der Waals surface area contributed by atoms with Crippen molar-refractivity contribution in [1.82, 2.24) is 0 Å². The number of anilines is 1. The molecule has 4 nitrogen and oxygen atoms in total. The Hall–Kier alpha value is -1.78. The molecule has 1 aromatic rings. The van der Waals surface area contributed by atoms with E-state index in [1.165, 1.54) is 0 Å². The highest BCUT2D eigenvalue weighted by atomic mass is 14.9. The average Bonchev–Trinajstić information content (AvgIpc) is 2.28. The Balaban J connectivity index is 2.56. The maximum atomic E-state index is 6.35. The van der Waals surface area contributed by atoms with Gasteiger partial charge >= 0.3 is 0 Å². The monoisotopic (exact) mass is 244 g/mol. The summed E-state index contributed by atoms with van der Waals surface area (Å²) >= 11 is 0. The molecule has 0 heterocycles. The smallest absolute Gasteiger partial charge is 0.0665 e. The van der Waals surface area contributed by atoms with E-state index in [0.29, 0.717) is 5.70 Å². The molecule has 0 spiro atoms. The van der Waals surface area contributed by atoms with Crippen molar-refractivity contribution in [3.8, 4) is 0 Å². The van der Waals surface area contributed by atoms with Crippen LogP contribution in [0.2, 0.25) is 0 Å². The minimum Gasteiger partial charge on any atom is -0.401 e. The normalized spacial score (nSPS) is 27.7. The van der Waals surface area contributed by atoms with Gasteiger partial charge in [-0.3, -0.25) is 0 Å². The van der Waals surface area contributed by atoms with Crippen molar-refractivity contribution in [2.75, 3.05) is 5.73 Å². The number of rotatable bonds is 1. The largest absolute Gasteiger partial charge is 0.401 e. The number of nitrogen functional groups attached to an aromatic ring is 1. The van der Waals surface area contributed by atoms with E-state index in [9.17, 15) is 0 Å². The maximum absolute atomic E-state index is 6.35. The summed E-state index contributed by atoms with van der Waals surface area (Å²) < 4.78 is 0. The summed E-state index contributed by atoms with van der Waals surface area (Å²) in [7, 11) is 0. The van der Waals surface area contributed by atoms with E-state index < -0.39 is 5.54 Å². The lowest BCUT2D eigenvalue weighted by molar-refractivity contribution is 0.508. The lowest BCUT2D eigenvalue weighted by atomic mass is 9.76. The Morgan fingerprint density at radius 3 is 2.44 bits per heavy atom. The number of hydrogen-bond acceptors (Lipinski definition) is 4. The minimum absolute atomic E-state index is 0.380. The summed E-state index contributed by atoms with van der Waals surface area (Å²) in [5, 5.41) is 0. The summed E-state index contributed by atoms with van der Waals surface area (Å²) in [6.45, 7) is 3.91. The van der Waals surface area contributed by atoms with Gasteiger partial charge in [-0.2, -0.15) is 0 Å². The van der Waals surface area contributed by atoms with Crippen LogP contribution in [0.3, 0.4) is 0 Å². The van der Waals surface area contributed by atoms with Gasteiger partial charge in [0.25, 0.3) is 0 Å². The molecular weight excluding hydrogens is 224 g/mol. The number of benzene rings is 1. The fourth-order valence-electron chi connectivity index (χ4n) is 2.35. The predicted octanol–water partition coefficient (Wildman–Crippen LogP) is 0.862. The molecule has 2 unspecified atom stereocenters. The van der Waals surface area contributed by atoms with Gasteiger partial charge in [0.15, 0.2) is 0 Å². The molecule has 0 bridgehead atoms. The fraction of sp³-hybridized carbons (Fsp3) is 0.286. The molecule has 0 fully saturated rings. The van der Waals surface area contributed by atoms with Crippen molar-refractivity contribution in [3.63, 3.8) is 0 Å². The highest BCUT2D eigenvalue weighted by Gasteiger charge is 2.36. The molecule has 4 heteroatoms. The van der Waals surface area contributed by atoms with Crippen molar-refractivity contribution >= 4 is 11.3 Å². The molecule has 1 aliphatic rings. The third-order valence-corrected chi connectivity index (χ3v) is 3.57. The van der Waals surface area contributed by atoms with Crippen molar-refractivity contribution < 1.29 is 0 Å². The SMILES string of the molecule is Cc1cc(N)ccc1C1=CC=C(N)C(N)C1(C)N. The zero-order valence-electron chi connectivity index (χ0n) is 10.8. The Labute approximate surface area is 107 Å². The van der Waals surface area contributed by atoms with Crippen LogP contribution in [0.4, 0.5) is 5.69 Å². The number of allylic oxidation sites excluding steroid dienone is 2. The van der Waals surface area contributed by atoms with Crippen molar-refractivity contribution in [3.05, 3.63) is 47.2 Å². The first kappa shape index (κ1) is 12.7. The molecule has 0 saturated heterocycles. The van der Waals surface area contributed by atoms with Crippen LogP contribution in [0, 0.1) is 6.92 Å². The van der Waals surface area contributed by atoms with Crippen molar-refractivity contribution in [1.29, 1.82) is 0 Å². The summed E-state index contributed by atoms with van der Waals surface area (Å²) in [6, 6.07) is 5.39. The van der Waals surface area contributed by atoms with E-state index in [1.54, 1.807) is 0 Å². The van der Waals surface area contributed by atoms with Crippen LogP contribution in [0.1, 0.15) is 18.1 Å². The standard InChI is InChI=1S/C14H20N4/c1-8-7-9(15)3-4-10(8)11-5-6-12(16)13(17)14(11,2)18/h3-7,13H,15-18H2,1-2H3. The maximum Gasteiger partial charge on any atom is 0.0665 e. The van der Waals surface area contributed by atoms with Crippen LogP contribution in [-0.2, 0) is 0 Å². The van der Waals surface area contributed by atoms with Crippen LogP contribution in [0.15, 0.2) is 36.0 Å². The number of aryl methyl sites for hydroxylation is 1. The van der Waals surface area contributed by atoms with E-state index in [-0.39, 0.29) is 6.04 Å². The van der Waals surface area contributed by atoms with E-state index in [0.717, 1.165) is 22.4 Å². The van der Waals surface area contributed by atoms with Gasteiger partial charge in [-0.1, -0.05) is 12.1 Å². The molecule has 0 saturated carbocycles. The molecule has 1 aromatic carbocycles. The molecule has 0 amide bonds. The molecular formula is C14H20N4. The van der Waals surface area contributed by atoms with Gasteiger partial charge in [0.2, 0.25) is 0 Å². The van der Waals surface area contributed by atoms with E-state index in [2.05, 4.69) is 0 Å². The van der Waals surface area contributed by atoms with Gasteiger partial charge in [0.1, 0.15) is 0 Å². The molecule has 2 atom stereocenters. The third-order valence-electron chi connectivity index (χ3n) is 3.57. The first-order valence-electron chi connectivity index (χ1n) is 5.93. The van der Waals surface area contributed by atoms with Crippen LogP contribution in [0.5, 0.6) is 0 Å². The van der Waals surface area contributed by atoms with Gasteiger partial charge in [0.05, 0.1) is 11.6 Å². The fourth-order valence-corrected chi connectivity index (χ4v) is 2.35. The quantitative estimate of drug-likeness (QED) is 0.550. The Bertz CT molecular complexity index is 541. The minimum atomic E-state index is -0.681. The molecule has 0 aromatic heterocycles. The highest BCUT2D eigenvalue weighted by Crippen LogP contribution is 2.34. The van der Waals surface area contributed by atoms with Crippen LogP contribution in [-0.4, -0.2) is 11.6 Å². The Morgan fingerprint density at radius 1 is 1.17 bits per heavy atom. The van der Waals surface area contributed by atoms with E-state index in [4.69, 9.17) is 22.9 Å². The van der Waals surface area contributed by atoms with Crippen LogP contribution < -0.4 is 22.9 Å². The first-order chi connectivity index (χ1) is 8.34. The number of nitrogens with two attached hydrogens (primary N) is 4. The molecule has 0 radical (unpaired) electrons. The zero-order chi connectivity index (χ0) is 13.5. The summed E-state index contributed by atoms with van der Waals surface area (Å²) in [4.78, 5) is 0. The lowest BCUT2D eigenvalue weighted by Gasteiger charge is -2.37. The summed E-state index contributed by atoms with van der Waals surface area (Å²) in [6.07, 6.45) is 3.77. The molecule has 18 heavy (non-hydrogen) atoms. The molecule has 2 rings (SSSR count). The van der Waals surface area contributed by atoms with Crippen LogP contribution >= 0.6 is 0 Å². The Morgan fingerprint density at radius 2 is 1.83 bits per heavy atom. The zero-order valence-corrected chi connectivity index (χ0v) is 10.8. The lowest BCUT2D eigenvalue weighted by Crippen LogP contribution is -2.57. The van der Waals surface area contributed by atoms with Gasteiger partial charge in [-0.05, 0) is 48.8 Å². The topological polar surface area (TPSA) is 104 Å². The van der Waals surface area contributed by atoms with Crippen LogP contribution in [0.25, 0.3) is 5.57 Å². The number of hydrogen-bond donors (Lipinski definition) is 4. The average molecular weight is 244 g/mol. The summed E-state index contributed by atoms with van der Waals surface area (Å²) in [5.41, 5.74) is 27.8. The highest BCUT2D eigenvalue weighted by molar-refractivity contribution is 5.79. The van der Waals surface area contributed by atoms with Crippen molar-refractivity contribution in [2.45, 2.75) is 25.4 Å². The van der Waals surface area contributed by atoms with Gasteiger partial charge in [0, 0.05) is 11.4 Å². The molecule has 96 valence electrons. The van der Waals surface area contributed by atoms with Gasteiger partial charge in [-0.25, -0.2) is 0 Å². The Kier molecular flexibility index (Phi) is 2.92. The third kappa shape index (κ3) is 1.89. The molecule has 8 N–H and O–H groups in total. The van der Waals surface area contributed by atoms with E-state index >= 15 is 0 Å². The second-order valence-electron chi connectivity index (χ2n) is 5.08. The van der Waals surface area contributed by atoms with Gasteiger partial charge < -0.3 is 22.9 Å². The summed E-state index contributed by atoms with van der Waals surface area (Å²) in [5.74, 6) is 0. The second-order valence-corrected chi connectivity index (χ2v) is 5.08. The van der Waals surface area contributed by atoms with E-state index in [1.807, 2.05) is 44.2 Å². The first-order valence-corrected chi connectivity index (χ1v) is 5.93.